The molecule has 0 unspecified atom stereocenters. The fourth-order valence-corrected chi connectivity index (χ4v) is 1.53. The third kappa shape index (κ3) is 3.35. The highest BCUT2D eigenvalue weighted by molar-refractivity contribution is 9.10. The number of halogens is 1. The zero-order valence-electron chi connectivity index (χ0n) is 8.40. The summed E-state index contributed by atoms with van der Waals surface area (Å²) in [6.45, 7) is 0. The van der Waals surface area contributed by atoms with Gasteiger partial charge in [-0.05, 0) is 40.3 Å². The lowest BCUT2D eigenvalue weighted by atomic mass is 10.2. The molecule has 86 valence electrons. The van der Waals surface area contributed by atoms with Crippen molar-refractivity contribution in [2.24, 2.45) is 10.8 Å². The van der Waals surface area contributed by atoms with Gasteiger partial charge >= 0.3 is 0 Å². The quantitative estimate of drug-likeness (QED) is 0.446. The molecular weight excluding hydrogens is 294 g/mol. The van der Waals surface area contributed by atoms with Crippen LogP contribution >= 0.6 is 28.1 Å². The van der Waals surface area contributed by atoms with Crippen LogP contribution in [-0.2, 0) is 0 Å². The topological polar surface area (TPSA) is 79.9 Å². The molecule has 0 radical (unpaired) electrons. The summed E-state index contributed by atoms with van der Waals surface area (Å²) in [5.74, 6) is 0.663. The van der Waals surface area contributed by atoms with Crippen LogP contribution in [0.1, 0.15) is 5.56 Å². The maximum atomic E-state index is 9.61. The van der Waals surface area contributed by atoms with Crippen LogP contribution in [0.15, 0.2) is 21.7 Å². The minimum atomic E-state index is 0.0554. The minimum absolute atomic E-state index is 0.0554. The Labute approximate surface area is 106 Å². The summed E-state index contributed by atoms with van der Waals surface area (Å²) in [5, 5.41) is 13.4. The predicted molar refractivity (Wildman–Crippen MR) is 69.9 cm³/mol. The van der Waals surface area contributed by atoms with E-state index >= 15 is 0 Å². The number of nitrogens with zero attached hydrogens (tertiary/aromatic N) is 1. The minimum Gasteiger partial charge on any atom is -0.507 e. The van der Waals surface area contributed by atoms with Gasteiger partial charge < -0.3 is 15.6 Å². The maximum absolute atomic E-state index is 9.61. The second-order valence-corrected chi connectivity index (χ2v) is 4.07. The van der Waals surface area contributed by atoms with Crippen LogP contribution in [0.2, 0.25) is 0 Å². The molecule has 7 heteroatoms. The largest absolute Gasteiger partial charge is 0.507 e. The molecule has 0 aromatic heterocycles. The first kappa shape index (κ1) is 12.7. The van der Waals surface area contributed by atoms with Gasteiger partial charge in [-0.1, -0.05) is 0 Å². The number of methoxy groups -OCH3 is 1. The Morgan fingerprint density at radius 2 is 2.38 bits per heavy atom. The van der Waals surface area contributed by atoms with Crippen LogP contribution < -0.4 is 15.9 Å². The first-order valence-electron chi connectivity index (χ1n) is 4.19. The van der Waals surface area contributed by atoms with Crippen molar-refractivity contribution in [1.82, 2.24) is 5.43 Å². The number of hydrazone groups is 1. The van der Waals surface area contributed by atoms with Gasteiger partial charge in [0, 0.05) is 5.56 Å². The Bertz CT molecular complexity index is 437. The van der Waals surface area contributed by atoms with Crippen LogP contribution in [0, 0.1) is 0 Å². The van der Waals surface area contributed by atoms with E-state index in [2.05, 4.69) is 38.7 Å². The van der Waals surface area contributed by atoms with Crippen LogP contribution in [0.3, 0.4) is 0 Å². The molecule has 1 aromatic rings. The Morgan fingerprint density at radius 3 is 2.94 bits per heavy atom. The van der Waals surface area contributed by atoms with Crippen LogP contribution in [-0.4, -0.2) is 23.5 Å². The van der Waals surface area contributed by atoms with Crippen molar-refractivity contribution in [3.05, 3.63) is 22.2 Å². The molecular formula is C9H10BrN3O2S. The highest BCUT2D eigenvalue weighted by Gasteiger charge is 2.06. The summed E-state index contributed by atoms with van der Waals surface area (Å²) in [4.78, 5) is 0. The number of rotatable bonds is 3. The number of ether oxygens (including phenoxy) is 1. The molecule has 4 N–H and O–H groups in total. The van der Waals surface area contributed by atoms with Crippen molar-refractivity contribution < 1.29 is 9.84 Å². The molecule has 0 spiro atoms. The van der Waals surface area contributed by atoms with Gasteiger partial charge in [-0.25, -0.2) is 0 Å². The average molecular weight is 304 g/mol. The number of nitrogens with one attached hydrogen (secondary N) is 1. The van der Waals surface area contributed by atoms with Crippen molar-refractivity contribution in [2.45, 2.75) is 0 Å². The van der Waals surface area contributed by atoms with E-state index in [1.54, 1.807) is 6.07 Å². The number of benzene rings is 1. The summed E-state index contributed by atoms with van der Waals surface area (Å²) in [5.41, 5.74) is 8.06. The van der Waals surface area contributed by atoms with Crippen molar-refractivity contribution in [3.63, 3.8) is 0 Å². The van der Waals surface area contributed by atoms with E-state index in [1.807, 2.05) is 0 Å². The summed E-state index contributed by atoms with van der Waals surface area (Å²) in [7, 11) is 1.53. The van der Waals surface area contributed by atoms with Gasteiger partial charge in [-0.15, -0.1) is 0 Å². The fraction of sp³-hybridized carbons (Fsp3) is 0.111. The predicted octanol–water partition coefficient (Wildman–Crippen LogP) is 1.33. The van der Waals surface area contributed by atoms with E-state index < -0.39 is 0 Å². The summed E-state index contributed by atoms with van der Waals surface area (Å²) >= 11 is 7.82. The van der Waals surface area contributed by atoms with Gasteiger partial charge in [-0.3, -0.25) is 5.43 Å². The van der Waals surface area contributed by atoms with Crippen molar-refractivity contribution in [1.29, 1.82) is 0 Å². The second kappa shape index (κ2) is 5.66. The molecule has 0 aliphatic heterocycles. The van der Waals surface area contributed by atoms with E-state index in [9.17, 15) is 5.11 Å². The van der Waals surface area contributed by atoms with E-state index in [4.69, 9.17) is 10.5 Å². The molecule has 1 rings (SSSR count). The van der Waals surface area contributed by atoms with E-state index in [1.165, 1.54) is 19.4 Å². The molecule has 5 nitrogen and oxygen atoms in total. The fourth-order valence-electron chi connectivity index (χ4n) is 0.984. The number of thiocarbonyl (C=S) groups is 1. The lowest BCUT2D eigenvalue weighted by Crippen LogP contribution is -2.23. The number of hydrogen-bond donors (Lipinski definition) is 3. The molecule has 1 aromatic carbocycles. The molecule has 0 heterocycles. The highest BCUT2D eigenvalue weighted by Crippen LogP contribution is 2.31. The van der Waals surface area contributed by atoms with Gasteiger partial charge in [0.05, 0.1) is 17.8 Å². The molecule has 0 fully saturated rings. The van der Waals surface area contributed by atoms with Gasteiger partial charge in [0.1, 0.15) is 11.5 Å². The van der Waals surface area contributed by atoms with Crippen molar-refractivity contribution in [2.75, 3.05) is 7.11 Å². The third-order valence-corrected chi connectivity index (χ3v) is 2.39. The molecule has 0 atom stereocenters. The standard InChI is InChI=1S/C9H10BrN3O2S/c1-15-8-2-5(4-12-13-9(11)16)7(14)3-6(8)10/h2-4,14H,1H3,(H3,11,13,16). The Balaban J connectivity index is 2.95. The van der Waals surface area contributed by atoms with Gasteiger partial charge in [0.25, 0.3) is 0 Å². The first-order valence-corrected chi connectivity index (χ1v) is 5.39. The SMILES string of the molecule is COc1cc(C=NNC(N)=S)c(O)cc1Br. The molecule has 16 heavy (non-hydrogen) atoms. The zero-order chi connectivity index (χ0) is 12.1. The molecule has 0 amide bonds. The van der Waals surface area contributed by atoms with E-state index in [0.29, 0.717) is 15.8 Å². The van der Waals surface area contributed by atoms with Crippen LogP contribution in [0.25, 0.3) is 0 Å². The Morgan fingerprint density at radius 1 is 1.69 bits per heavy atom. The molecule has 0 aliphatic carbocycles. The van der Waals surface area contributed by atoms with Crippen molar-refractivity contribution in [3.8, 4) is 11.5 Å². The third-order valence-electron chi connectivity index (χ3n) is 1.68. The summed E-state index contributed by atoms with van der Waals surface area (Å²) < 4.78 is 5.74. The van der Waals surface area contributed by atoms with Gasteiger partial charge in [-0.2, -0.15) is 5.10 Å². The lowest BCUT2D eigenvalue weighted by Gasteiger charge is -2.06. The maximum Gasteiger partial charge on any atom is 0.184 e. The highest BCUT2D eigenvalue weighted by atomic mass is 79.9. The van der Waals surface area contributed by atoms with Gasteiger partial charge in [0.15, 0.2) is 5.11 Å². The number of phenolic OH excluding ortho intramolecular Hbond substituents is 1. The number of phenols is 1. The van der Waals surface area contributed by atoms with E-state index in [-0.39, 0.29) is 10.9 Å². The van der Waals surface area contributed by atoms with Crippen LogP contribution in [0.4, 0.5) is 0 Å². The zero-order valence-corrected chi connectivity index (χ0v) is 10.8. The molecule has 0 saturated carbocycles. The van der Waals surface area contributed by atoms with Gasteiger partial charge in [0.2, 0.25) is 0 Å². The second-order valence-electron chi connectivity index (χ2n) is 2.78. The van der Waals surface area contributed by atoms with Crippen molar-refractivity contribution >= 4 is 39.5 Å². The Hall–Kier alpha value is -1.34. The number of aromatic hydroxyl groups is 1. The summed E-state index contributed by atoms with van der Waals surface area (Å²) in [6, 6.07) is 3.14. The van der Waals surface area contributed by atoms with Crippen LogP contribution in [0.5, 0.6) is 11.5 Å². The normalized spacial score (nSPS) is 10.4. The molecule has 0 saturated heterocycles. The summed E-state index contributed by atoms with van der Waals surface area (Å²) in [6.07, 6.45) is 1.39. The Kier molecular flexibility index (Phi) is 4.51. The molecule has 0 bridgehead atoms. The number of hydrogen-bond acceptors (Lipinski definition) is 4. The first-order chi connectivity index (χ1) is 7.54. The molecule has 0 aliphatic rings. The van der Waals surface area contributed by atoms with E-state index in [0.717, 1.165) is 0 Å². The average Bonchev–Trinajstić information content (AvgIpc) is 2.20. The monoisotopic (exact) mass is 303 g/mol. The smallest absolute Gasteiger partial charge is 0.184 e. The number of nitrogens with two attached hydrogens (primary N) is 1. The lowest BCUT2D eigenvalue weighted by molar-refractivity contribution is 0.409.